The third kappa shape index (κ3) is 2.67. The molecule has 0 aromatic rings. The molecular formula is C16H30N2O2. The molecule has 20 heavy (non-hydrogen) atoms. The Balaban J connectivity index is 1.70. The molecular weight excluding hydrogens is 252 g/mol. The predicted molar refractivity (Wildman–Crippen MR) is 80.7 cm³/mol. The van der Waals surface area contributed by atoms with Crippen molar-refractivity contribution in [1.29, 1.82) is 0 Å². The first kappa shape index (κ1) is 15.6. The lowest BCUT2D eigenvalue weighted by molar-refractivity contribution is 0.0659. The van der Waals surface area contributed by atoms with Crippen LogP contribution in [-0.2, 0) is 4.74 Å². The molecule has 4 heteroatoms. The zero-order valence-electron chi connectivity index (χ0n) is 13.4. The largest absolute Gasteiger partial charge is 0.453 e. The number of unbranched alkanes of at least 4 members (excludes halogenated alkanes) is 1. The average Bonchev–Trinajstić information content (AvgIpc) is 2.97. The highest BCUT2D eigenvalue weighted by atomic mass is 16.5. The van der Waals surface area contributed by atoms with E-state index in [0.29, 0.717) is 12.0 Å². The Hall–Kier alpha value is -0.770. The molecule has 0 spiro atoms. The smallest absolute Gasteiger partial charge is 0.406 e. The maximum atomic E-state index is 10.9. The minimum atomic E-state index is -0.334. The van der Waals surface area contributed by atoms with Crippen molar-refractivity contribution in [3.05, 3.63) is 0 Å². The van der Waals surface area contributed by atoms with Crippen molar-refractivity contribution < 1.29 is 9.53 Å². The molecule has 0 saturated heterocycles. The van der Waals surface area contributed by atoms with Crippen LogP contribution >= 0.6 is 0 Å². The highest BCUT2D eigenvalue weighted by Crippen LogP contribution is 2.61. The molecule has 2 aliphatic rings. The Morgan fingerprint density at radius 2 is 1.80 bits per heavy atom. The van der Waals surface area contributed by atoms with Gasteiger partial charge >= 0.3 is 6.09 Å². The lowest BCUT2D eigenvalue weighted by atomic mass is 9.64. The predicted octanol–water partition coefficient (Wildman–Crippen LogP) is 2.93. The summed E-state index contributed by atoms with van der Waals surface area (Å²) in [4.78, 5) is 10.9. The van der Waals surface area contributed by atoms with Crippen molar-refractivity contribution in [3.63, 3.8) is 0 Å². The minimum Gasteiger partial charge on any atom is -0.453 e. The van der Waals surface area contributed by atoms with E-state index in [1.54, 1.807) is 0 Å². The third-order valence-electron chi connectivity index (χ3n) is 6.16. The van der Waals surface area contributed by atoms with Gasteiger partial charge in [-0.3, -0.25) is 0 Å². The number of alkyl carbamates (subject to hydrolysis) is 1. The molecule has 2 rings (SSSR count). The summed E-state index contributed by atoms with van der Waals surface area (Å²) in [6.07, 6.45) is 5.96. The SMILES string of the molecule is COC(=O)NCCCCN[C@]1(C)[C@H]2CC[C@@H](C2)C1(C)C. The number of hydrogen-bond donors (Lipinski definition) is 2. The van der Waals surface area contributed by atoms with E-state index in [1.807, 2.05) is 0 Å². The first-order valence-electron chi connectivity index (χ1n) is 7.98. The molecule has 0 radical (unpaired) electrons. The van der Waals surface area contributed by atoms with Crippen molar-refractivity contribution in [3.8, 4) is 0 Å². The number of nitrogens with one attached hydrogen (secondary N) is 2. The minimum absolute atomic E-state index is 0.283. The van der Waals surface area contributed by atoms with Crippen LogP contribution in [0.5, 0.6) is 0 Å². The molecule has 1 amide bonds. The highest BCUT2D eigenvalue weighted by molar-refractivity contribution is 5.66. The fourth-order valence-corrected chi connectivity index (χ4v) is 4.34. The van der Waals surface area contributed by atoms with Gasteiger partial charge in [-0.15, -0.1) is 0 Å². The van der Waals surface area contributed by atoms with Crippen LogP contribution in [0.1, 0.15) is 52.9 Å². The summed E-state index contributed by atoms with van der Waals surface area (Å²) in [6, 6.07) is 0. The van der Waals surface area contributed by atoms with Crippen LogP contribution in [0.3, 0.4) is 0 Å². The van der Waals surface area contributed by atoms with Crippen LogP contribution in [-0.4, -0.2) is 31.8 Å². The van der Waals surface area contributed by atoms with Gasteiger partial charge in [0.05, 0.1) is 7.11 Å². The second-order valence-corrected chi connectivity index (χ2v) is 7.18. The van der Waals surface area contributed by atoms with Gasteiger partial charge in [0.1, 0.15) is 0 Å². The standard InChI is InChI=1S/C16H30N2O2/c1-15(2)12-7-8-13(11-12)16(15,3)18-10-6-5-9-17-14(19)20-4/h12-13,18H,5-11H2,1-4H3,(H,17,19)/t12-,13-,16+/m0/s1. The molecule has 4 nitrogen and oxygen atoms in total. The van der Waals surface area contributed by atoms with Gasteiger partial charge in [-0.2, -0.15) is 0 Å². The van der Waals surface area contributed by atoms with E-state index in [2.05, 4.69) is 36.1 Å². The third-order valence-corrected chi connectivity index (χ3v) is 6.16. The molecule has 3 atom stereocenters. The van der Waals surface area contributed by atoms with Crippen molar-refractivity contribution in [2.24, 2.45) is 17.3 Å². The van der Waals surface area contributed by atoms with Gasteiger partial charge in [-0.05, 0) is 62.8 Å². The van der Waals surface area contributed by atoms with E-state index in [4.69, 9.17) is 0 Å². The van der Waals surface area contributed by atoms with Gasteiger partial charge in [0, 0.05) is 12.1 Å². The number of methoxy groups -OCH3 is 1. The van der Waals surface area contributed by atoms with Gasteiger partial charge in [-0.1, -0.05) is 13.8 Å². The molecule has 0 aliphatic heterocycles. The van der Waals surface area contributed by atoms with E-state index < -0.39 is 0 Å². The van der Waals surface area contributed by atoms with Crippen LogP contribution in [0.4, 0.5) is 4.79 Å². The van der Waals surface area contributed by atoms with Gasteiger partial charge in [0.2, 0.25) is 0 Å². The summed E-state index contributed by atoms with van der Waals surface area (Å²) in [5.74, 6) is 1.74. The first-order valence-corrected chi connectivity index (χ1v) is 7.98. The Labute approximate surface area is 123 Å². The lowest BCUT2D eigenvalue weighted by Crippen LogP contribution is -2.57. The molecule has 0 aromatic carbocycles. The maximum Gasteiger partial charge on any atom is 0.406 e. The molecule has 2 saturated carbocycles. The summed E-state index contributed by atoms with van der Waals surface area (Å²) in [6.45, 7) is 9.02. The number of carbonyl (C=O) groups is 1. The van der Waals surface area contributed by atoms with Crippen LogP contribution in [0.15, 0.2) is 0 Å². The number of fused-ring (bicyclic) bond motifs is 2. The Kier molecular flexibility index (Phi) is 4.62. The average molecular weight is 282 g/mol. The summed E-state index contributed by atoms with van der Waals surface area (Å²) in [5, 5.41) is 6.56. The Bertz CT molecular complexity index is 356. The second-order valence-electron chi connectivity index (χ2n) is 7.18. The second kappa shape index (κ2) is 5.92. The quantitative estimate of drug-likeness (QED) is 0.736. The van der Waals surface area contributed by atoms with Gasteiger partial charge in [0.15, 0.2) is 0 Å². The zero-order valence-corrected chi connectivity index (χ0v) is 13.4. The topological polar surface area (TPSA) is 50.4 Å². The number of carbonyl (C=O) groups excluding carboxylic acids is 1. The monoisotopic (exact) mass is 282 g/mol. The number of amides is 1. The molecule has 2 fully saturated rings. The summed E-state index contributed by atoms with van der Waals surface area (Å²) in [7, 11) is 1.40. The van der Waals surface area contributed by atoms with E-state index >= 15 is 0 Å². The van der Waals surface area contributed by atoms with E-state index in [1.165, 1.54) is 26.4 Å². The Morgan fingerprint density at radius 3 is 2.40 bits per heavy atom. The molecule has 116 valence electrons. The number of ether oxygens (including phenoxy) is 1. The van der Waals surface area contributed by atoms with Gasteiger partial charge < -0.3 is 15.4 Å². The first-order chi connectivity index (χ1) is 9.41. The molecule has 2 bridgehead atoms. The Morgan fingerprint density at radius 1 is 1.15 bits per heavy atom. The normalized spacial score (nSPS) is 34.2. The molecule has 0 aromatic heterocycles. The zero-order chi connectivity index (χ0) is 14.8. The summed E-state index contributed by atoms with van der Waals surface area (Å²) < 4.78 is 4.55. The van der Waals surface area contributed by atoms with Crippen molar-refractivity contribution in [2.45, 2.75) is 58.4 Å². The van der Waals surface area contributed by atoms with Crippen molar-refractivity contribution in [1.82, 2.24) is 10.6 Å². The van der Waals surface area contributed by atoms with Crippen LogP contribution < -0.4 is 10.6 Å². The summed E-state index contributed by atoms with van der Waals surface area (Å²) in [5.41, 5.74) is 0.686. The van der Waals surface area contributed by atoms with E-state index in [9.17, 15) is 4.79 Å². The molecule has 2 N–H and O–H groups in total. The van der Waals surface area contributed by atoms with Crippen LogP contribution in [0.2, 0.25) is 0 Å². The highest BCUT2D eigenvalue weighted by Gasteiger charge is 2.59. The number of hydrogen-bond acceptors (Lipinski definition) is 3. The van der Waals surface area contributed by atoms with E-state index in [-0.39, 0.29) is 11.6 Å². The van der Waals surface area contributed by atoms with Crippen LogP contribution in [0.25, 0.3) is 0 Å². The molecule has 0 heterocycles. The fourth-order valence-electron chi connectivity index (χ4n) is 4.34. The molecule has 2 aliphatic carbocycles. The van der Waals surface area contributed by atoms with Crippen LogP contribution in [0, 0.1) is 17.3 Å². The fraction of sp³-hybridized carbons (Fsp3) is 0.938. The van der Waals surface area contributed by atoms with Gasteiger partial charge in [0.25, 0.3) is 0 Å². The van der Waals surface area contributed by atoms with Gasteiger partial charge in [-0.25, -0.2) is 4.79 Å². The summed E-state index contributed by atoms with van der Waals surface area (Å²) >= 11 is 0. The van der Waals surface area contributed by atoms with Crippen molar-refractivity contribution >= 4 is 6.09 Å². The number of rotatable bonds is 6. The van der Waals surface area contributed by atoms with Crippen molar-refractivity contribution in [2.75, 3.05) is 20.2 Å². The maximum absolute atomic E-state index is 10.9. The lowest BCUT2D eigenvalue weighted by Gasteiger charge is -2.48. The van der Waals surface area contributed by atoms with E-state index in [0.717, 1.165) is 31.2 Å². The molecule has 0 unspecified atom stereocenters.